The van der Waals surface area contributed by atoms with Gasteiger partial charge in [0.2, 0.25) is 0 Å². The SMILES string of the molecule is CCOCc1nc(-c2cnc3nc[nH]c3c2)n(CCCc2ccccc2)n1. The Balaban J connectivity index is 1.57. The molecular formula is C20H22N6O. The Hall–Kier alpha value is -3.06. The van der Waals surface area contributed by atoms with Crippen molar-refractivity contribution in [1.29, 1.82) is 0 Å². The van der Waals surface area contributed by atoms with E-state index in [0.29, 0.717) is 24.7 Å². The van der Waals surface area contributed by atoms with Crippen LogP contribution in [0.15, 0.2) is 48.9 Å². The van der Waals surface area contributed by atoms with Gasteiger partial charge in [-0.05, 0) is 31.4 Å². The van der Waals surface area contributed by atoms with Crippen molar-refractivity contribution in [2.45, 2.75) is 32.9 Å². The molecule has 4 rings (SSSR count). The van der Waals surface area contributed by atoms with E-state index in [0.717, 1.165) is 36.3 Å². The van der Waals surface area contributed by atoms with Crippen molar-refractivity contribution in [3.8, 4) is 11.4 Å². The van der Waals surface area contributed by atoms with Crippen LogP contribution >= 0.6 is 0 Å². The van der Waals surface area contributed by atoms with Crippen LogP contribution in [0.25, 0.3) is 22.6 Å². The molecule has 0 radical (unpaired) electrons. The molecule has 0 aliphatic rings. The number of imidazole rings is 1. The molecule has 0 fully saturated rings. The zero-order chi connectivity index (χ0) is 18.5. The number of rotatable bonds is 8. The van der Waals surface area contributed by atoms with E-state index in [2.05, 4.69) is 49.3 Å². The second-order valence-electron chi connectivity index (χ2n) is 6.30. The molecule has 0 aliphatic heterocycles. The lowest BCUT2D eigenvalue weighted by molar-refractivity contribution is 0.128. The van der Waals surface area contributed by atoms with E-state index < -0.39 is 0 Å². The molecule has 27 heavy (non-hydrogen) atoms. The van der Waals surface area contributed by atoms with Gasteiger partial charge in [0.05, 0.1) is 11.8 Å². The topological polar surface area (TPSA) is 81.5 Å². The van der Waals surface area contributed by atoms with Crippen molar-refractivity contribution in [2.75, 3.05) is 6.61 Å². The third kappa shape index (κ3) is 4.03. The summed E-state index contributed by atoms with van der Waals surface area (Å²) in [5.74, 6) is 1.50. The van der Waals surface area contributed by atoms with Crippen LogP contribution in [0, 0.1) is 0 Å². The van der Waals surface area contributed by atoms with Crippen LogP contribution in [0.3, 0.4) is 0 Å². The maximum absolute atomic E-state index is 5.49. The largest absolute Gasteiger partial charge is 0.374 e. The lowest BCUT2D eigenvalue weighted by atomic mass is 10.1. The minimum absolute atomic E-state index is 0.412. The van der Waals surface area contributed by atoms with Crippen LogP contribution in [0.2, 0.25) is 0 Å². The normalized spacial score (nSPS) is 11.3. The molecule has 1 aromatic carbocycles. The molecule has 138 valence electrons. The number of H-pyrrole nitrogens is 1. The van der Waals surface area contributed by atoms with Gasteiger partial charge in [-0.1, -0.05) is 30.3 Å². The molecule has 4 aromatic rings. The molecule has 3 heterocycles. The van der Waals surface area contributed by atoms with Gasteiger partial charge in [-0.15, -0.1) is 0 Å². The van der Waals surface area contributed by atoms with E-state index >= 15 is 0 Å². The summed E-state index contributed by atoms with van der Waals surface area (Å²) in [5.41, 5.74) is 3.83. The fourth-order valence-electron chi connectivity index (χ4n) is 3.04. The fraction of sp³-hybridized carbons (Fsp3) is 0.300. The second-order valence-corrected chi connectivity index (χ2v) is 6.30. The van der Waals surface area contributed by atoms with Crippen LogP contribution < -0.4 is 0 Å². The van der Waals surface area contributed by atoms with Crippen molar-refractivity contribution in [2.24, 2.45) is 0 Å². The Morgan fingerprint density at radius 2 is 2.04 bits per heavy atom. The third-order valence-corrected chi connectivity index (χ3v) is 4.36. The number of nitrogens with zero attached hydrogens (tertiary/aromatic N) is 5. The van der Waals surface area contributed by atoms with Crippen molar-refractivity contribution >= 4 is 11.2 Å². The highest BCUT2D eigenvalue weighted by molar-refractivity contribution is 5.75. The van der Waals surface area contributed by atoms with Crippen molar-refractivity contribution < 1.29 is 4.74 Å². The first-order chi connectivity index (χ1) is 13.3. The van der Waals surface area contributed by atoms with Gasteiger partial charge in [0.1, 0.15) is 6.61 Å². The molecule has 0 atom stereocenters. The molecule has 0 bridgehead atoms. The number of hydrogen-bond donors (Lipinski definition) is 1. The minimum Gasteiger partial charge on any atom is -0.374 e. The van der Waals surface area contributed by atoms with Crippen LogP contribution in [-0.4, -0.2) is 36.3 Å². The highest BCUT2D eigenvalue weighted by Crippen LogP contribution is 2.21. The quantitative estimate of drug-likeness (QED) is 0.520. The number of aromatic amines is 1. The predicted molar refractivity (Wildman–Crippen MR) is 103 cm³/mol. The van der Waals surface area contributed by atoms with Crippen molar-refractivity contribution in [3.63, 3.8) is 0 Å². The number of hydrogen-bond acceptors (Lipinski definition) is 5. The van der Waals surface area contributed by atoms with Crippen LogP contribution in [-0.2, 0) is 24.3 Å². The lowest BCUT2D eigenvalue weighted by Crippen LogP contribution is -2.05. The van der Waals surface area contributed by atoms with Gasteiger partial charge in [0.15, 0.2) is 17.3 Å². The monoisotopic (exact) mass is 362 g/mol. The Morgan fingerprint density at radius 1 is 1.15 bits per heavy atom. The van der Waals surface area contributed by atoms with E-state index in [1.165, 1.54) is 5.56 Å². The summed E-state index contributed by atoms with van der Waals surface area (Å²) in [6, 6.07) is 12.5. The molecule has 1 N–H and O–H groups in total. The standard InChI is InChI=1S/C20H22N6O/c1-2-27-13-18-24-20(16-11-17-19(21-12-16)23-14-22-17)26(25-18)10-6-9-15-7-4-3-5-8-15/h3-5,7-8,11-12,14H,2,6,9-10,13H2,1H3,(H,21,22,23). The first kappa shape index (κ1) is 17.4. The maximum Gasteiger partial charge on any atom is 0.177 e. The molecular weight excluding hydrogens is 340 g/mol. The zero-order valence-corrected chi connectivity index (χ0v) is 15.3. The van der Waals surface area contributed by atoms with Gasteiger partial charge in [-0.25, -0.2) is 19.6 Å². The predicted octanol–water partition coefficient (Wildman–Crippen LogP) is 3.39. The zero-order valence-electron chi connectivity index (χ0n) is 15.3. The van der Waals surface area contributed by atoms with E-state index in [-0.39, 0.29) is 0 Å². The van der Waals surface area contributed by atoms with Gasteiger partial charge in [0, 0.05) is 24.9 Å². The smallest absolute Gasteiger partial charge is 0.177 e. The molecule has 3 aromatic heterocycles. The van der Waals surface area contributed by atoms with E-state index in [4.69, 9.17) is 4.74 Å². The van der Waals surface area contributed by atoms with E-state index in [1.54, 1.807) is 12.5 Å². The third-order valence-electron chi connectivity index (χ3n) is 4.36. The fourth-order valence-corrected chi connectivity index (χ4v) is 3.04. The van der Waals surface area contributed by atoms with E-state index in [9.17, 15) is 0 Å². The van der Waals surface area contributed by atoms with E-state index in [1.807, 2.05) is 23.7 Å². The molecule has 0 saturated heterocycles. The summed E-state index contributed by atoms with van der Waals surface area (Å²) < 4.78 is 7.44. The number of aryl methyl sites for hydroxylation is 2. The molecule has 0 aliphatic carbocycles. The number of nitrogens with one attached hydrogen (secondary N) is 1. The van der Waals surface area contributed by atoms with Crippen molar-refractivity contribution in [3.05, 3.63) is 60.3 Å². The highest BCUT2D eigenvalue weighted by atomic mass is 16.5. The Kier molecular flexibility index (Phi) is 5.20. The second kappa shape index (κ2) is 8.09. The molecule has 7 heteroatoms. The first-order valence-corrected chi connectivity index (χ1v) is 9.18. The van der Waals surface area contributed by atoms with Gasteiger partial charge in [0.25, 0.3) is 0 Å². The number of benzene rings is 1. The summed E-state index contributed by atoms with van der Waals surface area (Å²) in [6.45, 7) is 3.80. The van der Waals surface area contributed by atoms with Gasteiger partial charge < -0.3 is 9.72 Å². The maximum atomic E-state index is 5.49. The average Bonchev–Trinajstić information content (AvgIpc) is 3.33. The molecule has 0 unspecified atom stereocenters. The number of fused-ring (bicyclic) bond motifs is 1. The summed E-state index contributed by atoms with van der Waals surface area (Å²) in [7, 11) is 0. The van der Waals surface area contributed by atoms with Gasteiger partial charge in [-0.2, -0.15) is 5.10 Å². The average molecular weight is 362 g/mol. The number of pyridine rings is 1. The van der Waals surface area contributed by atoms with Gasteiger partial charge in [-0.3, -0.25) is 0 Å². The summed E-state index contributed by atoms with van der Waals surface area (Å²) in [4.78, 5) is 16.4. The molecule has 0 amide bonds. The lowest BCUT2D eigenvalue weighted by Gasteiger charge is -2.06. The molecule has 0 saturated carbocycles. The Labute approximate surface area is 157 Å². The Morgan fingerprint density at radius 3 is 2.89 bits per heavy atom. The number of aromatic nitrogens is 6. The van der Waals surface area contributed by atoms with Crippen LogP contribution in [0.1, 0.15) is 24.7 Å². The summed E-state index contributed by atoms with van der Waals surface area (Å²) in [6.07, 6.45) is 5.42. The molecule has 7 nitrogen and oxygen atoms in total. The van der Waals surface area contributed by atoms with Crippen LogP contribution in [0.4, 0.5) is 0 Å². The minimum atomic E-state index is 0.412. The Bertz CT molecular complexity index is 1010. The van der Waals surface area contributed by atoms with Crippen LogP contribution in [0.5, 0.6) is 0 Å². The first-order valence-electron chi connectivity index (χ1n) is 9.18. The highest BCUT2D eigenvalue weighted by Gasteiger charge is 2.14. The summed E-state index contributed by atoms with van der Waals surface area (Å²) >= 11 is 0. The molecule has 0 spiro atoms. The summed E-state index contributed by atoms with van der Waals surface area (Å²) in [5, 5.41) is 4.65. The number of ether oxygens (including phenoxy) is 1. The van der Waals surface area contributed by atoms with Crippen molar-refractivity contribution in [1.82, 2.24) is 29.7 Å². The van der Waals surface area contributed by atoms with Gasteiger partial charge >= 0.3 is 0 Å².